The van der Waals surface area contributed by atoms with Crippen molar-refractivity contribution < 1.29 is 28.2 Å². The first kappa shape index (κ1) is 30.8. The van der Waals surface area contributed by atoms with Gasteiger partial charge in [0.25, 0.3) is 5.92 Å². The standard InChI is InChI=1S/C29H33ClF3N5O3S/c30-19-4-5-24(31)23(12-19)25-14-26(28(37-36-25)42-9-8-39)34-20-2-1-3-21(13-20)35-27(41)17-10-22(11-17)38-7-6-29(32,33)18(15-38)16-40/h1-2,4-5,12-14,17-18,21-22,39-40H,3,6-11,15-16H2,(H,34,36)(H,35,41). The summed E-state index contributed by atoms with van der Waals surface area (Å²) < 4.78 is 42.5. The maximum absolute atomic E-state index is 14.5. The molecule has 2 atom stereocenters. The third-order valence-corrected chi connectivity index (χ3v) is 9.17. The highest BCUT2D eigenvalue weighted by atomic mass is 35.5. The molecule has 1 saturated heterocycles. The van der Waals surface area contributed by atoms with Crippen LogP contribution in [0.25, 0.3) is 11.3 Å². The molecule has 3 aliphatic rings. The van der Waals surface area contributed by atoms with Gasteiger partial charge in [-0.25, -0.2) is 13.2 Å². The molecule has 0 radical (unpaired) electrons. The molecule has 1 aliphatic heterocycles. The van der Waals surface area contributed by atoms with Gasteiger partial charge in [-0.1, -0.05) is 17.7 Å². The molecular formula is C29H33ClF3N5O3S. The Morgan fingerprint density at radius 2 is 2.02 bits per heavy atom. The van der Waals surface area contributed by atoms with Crippen molar-refractivity contribution in [1.82, 2.24) is 20.4 Å². The lowest BCUT2D eigenvalue weighted by Gasteiger charge is -2.47. The number of amides is 1. The Hall–Kier alpha value is -2.64. The van der Waals surface area contributed by atoms with Crippen molar-refractivity contribution in [3.63, 3.8) is 0 Å². The topological polar surface area (TPSA) is 111 Å². The summed E-state index contributed by atoms with van der Waals surface area (Å²) in [6.45, 7) is -0.195. The molecule has 5 rings (SSSR count). The van der Waals surface area contributed by atoms with Gasteiger partial charge in [-0.3, -0.25) is 9.69 Å². The van der Waals surface area contributed by atoms with Gasteiger partial charge < -0.3 is 20.8 Å². The molecule has 0 spiro atoms. The summed E-state index contributed by atoms with van der Waals surface area (Å²) in [6.07, 6.45) is 7.25. The number of hydrogen-bond acceptors (Lipinski definition) is 8. The van der Waals surface area contributed by atoms with E-state index in [1.54, 1.807) is 6.07 Å². The van der Waals surface area contributed by atoms with E-state index in [-0.39, 0.29) is 55.6 Å². The normalized spacial score (nSPS) is 25.4. The first-order chi connectivity index (χ1) is 20.2. The number of alkyl halides is 2. The Morgan fingerprint density at radius 1 is 1.21 bits per heavy atom. The lowest BCUT2D eigenvalue weighted by Crippen LogP contribution is -2.57. The molecule has 13 heteroatoms. The van der Waals surface area contributed by atoms with Crippen LogP contribution in [0.3, 0.4) is 0 Å². The Labute approximate surface area is 251 Å². The monoisotopic (exact) mass is 623 g/mol. The lowest BCUT2D eigenvalue weighted by atomic mass is 9.77. The average Bonchev–Trinajstić information content (AvgIpc) is 2.93. The number of allylic oxidation sites excluding steroid dienone is 1. The molecule has 1 saturated carbocycles. The maximum Gasteiger partial charge on any atom is 0.255 e. The van der Waals surface area contributed by atoms with E-state index in [2.05, 4.69) is 20.8 Å². The van der Waals surface area contributed by atoms with Crippen LogP contribution in [-0.4, -0.2) is 81.3 Å². The van der Waals surface area contributed by atoms with Gasteiger partial charge in [0.2, 0.25) is 5.91 Å². The molecule has 1 aromatic heterocycles. The number of rotatable bonds is 10. The van der Waals surface area contributed by atoms with Crippen molar-refractivity contribution in [3.8, 4) is 11.3 Å². The number of anilines is 1. The molecule has 2 unspecified atom stereocenters. The van der Waals surface area contributed by atoms with Gasteiger partial charge in [-0.05, 0) is 55.7 Å². The van der Waals surface area contributed by atoms with Crippen molar-refractivity contribution in [2.24, 2.45) is 11.8 Å². The van der Waals surface area contributed by atoms with Crippen molar-refractivity contribution in [2.75, 3.05) is 37.4 Å². The van der Waals surface area contributed by atoms with Crippen LogP contribution in [0.2, 0.25) is 5.02 Å². The number of hydrogen-bond donors (Lipinski definition) is 4. The molecule has 8 nitrogen and oxygen atoms in total. The third-order valence-electron chi connectivity index (χ3n) is 7.97. The fraction of sp³-hybridized carbons (Fsp3) is 0.483. The van der Waals surface area contributed by atoms with E-state index in [1.165, 1.54) is 30.0 Å². The van der Waals surface area contributed by atoms with Crippen LogP contribution >= 0.6 is 23.4 Å². The van der Waals surface area contributed by atoms with Crippen LogP contribution in [0.1, 0.15) is 25.7 Å². The first-order valence-corrected chi connectivity index (χ1v) is 15.3. The van der Waals surface area contributed by atoms with E-state index in [1.807, 2.05) is 23.1 Å². The second-order valence-electron chi connectivity index (χ2n) is 10.9. The molecule has 2 heterocycles. The zero-order chi connectivity index (χ0) is 29.9. The fourth-order valence-electron chi connectivity index (χ4n) is 5.49. The molecular weight excluding hydrogens is 591 g/mol. The van der Waals surface area contributed by atoms with Gasteiger partial charge in [-0.2, -0.15) is 0 Å². The largest absolute Gasteiger partial charge is 0.396 e. The number of aliphatic hydroxyl groups is 2. The Bertz CT molecular complexity index is 1360. The number of piperidine rings is 1. The van der Waals surface area contributed by atoms with Crippen molar-refractivity contribution >= 4 is 35.0 Å². The third kappa shape index (κ3) is 7.11. The number of thioether (sulfide) groups is 1. The quantitative estimate of drug-likeness (QED) is 0.287. The number of benzene rings is 1. The summed E-state index contributed by atoms with van der Waals surface area (Å²) in [6, 6.07) is 5.68. The molecule has 1 aromatic carbocycles. The smallest absolute Gasteiger partial charge is 0.255 e. The summed E-state index contributed by atoms with van der Waals surface area (Å²) in [4.78, 5) is 15.0. The predicted octanol–water partition coefficient (Wildman–Crippen LogP) is 4.49. The van der Waals surface area contributed by atoms with Gasteiger partial charge >= 0.3 is 0 Å². The second-order valence-corrected chi connectivity index (χ2v) is 12.4. The summed E-state index contributed by atoms with van der Waals surface area (Å²) in [5.74, 6) is -4.28. The lowest BCUT2D eigenvalue weighted by molar-refractivity contribution is -0.142. The van der Waals surface area contributed by atoms with Crippen LogP contribution in [0, 0.1) is 17.7 Å². The highest BCUT2D eigenvalue weighted by molar-refractivity contribution is 7.99. The van der Waals surface area contributed by atoms with E-state index in [0.717, 1.165) is 0 Å². The summed E-state index contributed by atoms with van der Waals surface area (Å²) in [7, 11) is 0. The second kappa shape index (κ2) is 13.3. The van der Waals surface area contributed by atoms with Crippen LogP contribution in [0.5, 0.6) is 0 Å². The average molecular weight is 624 g/mol. The van der Waals surface area contributed by atoms with E-state index in [0.29, 0.717) is 52.1 Å². The Balaban J connectivity index is 1.22. The number of aliphatic hydroxyl groups excluding tert-OH is 2. The van der Waals surface area contributed by atoms with Crippen LogP contribution in [-0.2, 0) is 4.79 Å². The highest BCUT2D eigenvalue weighted by Gasteiger charge is 2.47. The van der Waals surface area contributed by atoms with Crippen LogP contribution in [0.15, 0.2) is 53.2 Å². The summed E-state index contributed by atoms with van der Waals surface area (Å²) >= 11 is 7.37. The van der Waals surface area contributed by atoms with Crippen molar-refractivity contribution in [1.29, 1.82) is 0 Å². The number of nitrogens with zero attached hydrogens (tertiary/aromatic N) is 3. The van der Waals surface area contributed by atoms with Gasteiger partial charge in [0.15, 0.2) is 0 Å². The van der Waals surface area contributed by atoms with Crippen LogP contribution < -0.4 is 10.6 Å². The molecule has 4 N–H and O–H groups in total. The number of halogens is 4. The minimum atomic E-state index is -2.85. The number of carbonyl (C=O) groups excluding carboxylic acids is 1. The molecule has 1 amide bonds. The molecule has 226 valence electrons. The van der Waals surface area contributed by atoms with E-state index in [4.69, 9.17) is 11.6 Å². The van der Waals surface area contributed by atoms with E-state index in [9.17, 15) is 28.2 Å². The molecule has 2 fully saturated rings. The molecule has 0 bridgehead atoms. The van der Waals surface area contributed by atoms with Crippen molar-refractivity contribution in [3.05, 3.63) is 59.0 Å². The minimum absolute atomic E-state index is 0.0541. The number of nitrogens with one attached hydrogen (secondary N) is 2. The zero-order valence-electron chi connectivity index (χ0n) is 22.8. The molecule has 2 aliphatic carbocycles. The van der Waals surface area contributed by atoms with Gasteiger partial charge in [0.1, 0.15) is 10.8 Å². The number of likely N-dealkylation sites (tertiary alicyclic amines) is 1. The summed E-state index contributed by atoms with van der Waals surface area (Å²) in [5.41, 5.74) is 1.77. The highest BCUT2D eigenvalue weighted by Crippen LogP contribution is 2.39. The molecule has 42 heavy (non-hydrogen) atoms. The number of aromatic nitrogens is 2. The van der Waals surface area contributed by atoms with Gasteiger partial charge in [-0.15, -0.1) is 22.0 Å². The van der Waals surface area contributed by atoms with Crippen molar-refractivity contribution in [2.45, 2.75) is 48.7 Å². The van der Waals surface area contributed by atoms with E-state index >= 15 is 0 Å². The zero-order valence-corrected chi connectivity index (χ0v) is 24.4. The molecule has 2 aromatic rings. The van der Waals surface area contributed by atoms with Gasteiger partial charge in [0.05, 0.1) is 36.6 Å². The Kier molecular flexibility index (Phi) is 9.78. The first-order valence-electron chi connectivity index (χ1n) is 13.9. The van der Waals surface area contributed by atoms with Gasteiger partial charge in [0, 0.05) is 53.5 Å². The minimum Gasteiger partial charge on any atom is -0.396 e. The van der Waals surface area contributed by atoms with E-state index < -0.39 is 24.3 Å². The maximum atomic E-state index is 14.5. The summed E-state index contributed by atoms with van der Waals surface area (Å²) in [5, 5.41) is 34.4. The van der Waals surface area contributed by atoms with Crippen LogP contribution in [0.4, 0.5) is 18.9 Å². The predicted molar refractivity (Wildman–Crippen MR) is 156 cm³/mol. The Morgan fingerprint density at radius 3 is 2.79 bits per heavy atom. The number of carbonyl (C=O) groups is 1. The fourth-order valence-corrected chi connectivity index (χ4v) is 6.31. The SMILES string of the molecule is O=C(NC1C=C(Nc2cc(-c3cc(Cl)ccc3F)nnc2SCCO)C=CC1)C1CC(N2CCC(F)(F)C(CO)C2)C1.